The number of fused-ring (bicyclic) bond motifs is 1. The Bertz CT molecular complexity index is 977. The van der Waals surface area contributed by atoms with Crippen LogP contribution in [0.25, 0.3) is 0 Å². The lowest BCUT2D eigenvalue weighted by molar-refractivity contribution is -0.125. The zero-order valence-electron chi connectivity index (χ0n) is 16.2. The van der Waals surface area contributed by atoms with E-state index in [1.807, 2.05) is 12.1 Å². The Morgan fingerprint density at radius 1 is 1.14 bits per heavy atom. The molecule has 1 aromatic rings. The summed E-state index contributed by atoms with van der Waals surface area (Å²) < 4.78 is 25.7. The van der Waals surface area contributed by atoms with Crippen molar-refractivity contribution in [3.63, 3.8) is 0 Å². The number of hydrogen-bond acceptors (Lipinski definition) is 6. The van der Waals surface area contributed by atoms with Crippen molar-refractivity contribution in [2.75, 3.05) is 42.2 Å². The van der Waals surface area contributed by atoms with Gasteiger partial charge in [0.2, 0.25) is 21.9 Å². The van der Waals surface area contributed by atoms with Crippen LogP contribution in [-0.4, -0.2) is 69.2 Å². The number of amides is 3. The van der Waals surface area contributed by atoms with Gasteiger partial charge >= 0.3 is 6.03 Å². The van der Waals surface area contributed by atoms with Crippen molar-refractivity contribution in [2.45, 2.75) is 24.8 Å². The number of nitrogens with two attached hydrogens (primary N) is 1. The van der Waals surface area contributed by atoms with Crippen LogP contribution >= 0.6 is 0 Å². The fourth-order valence-corrected chi connectivity index (χ4v) is 4.76. The zero-order chi connectivity index (χ0) is 20.8. The van der Waals surface area contributed by atoms with Crippen molar-refractivity contribution in [2.24, 2.45) is 10.7 Å². The first-order valence-electron chi connectivity index (χ1n) is 9.50. The van der Waals surface area contributed by atoms with E-state index in [9.17, 15) is 18.0 Å². The van der Waals surface area contributed by atoms with Gasteiger partial charge < -0.3 is 15.5 Å². The van der Waals surface area contributed by atoms with Crippen LogP contribution in [0.1, 0.15) is 19.3 Å². The van der Waals surface area contributed by atoms with Gasteiger partial charge in [-0.2, -0.15) is 0 Å². The van der Waals surface area contributed by atoms with Gasteiger partial charge in [0.25, 0.3) is 0 Å². The predicted octanol–water partition coefficient (Wildman–Crippen LogP) is 0.0618. The Balaban J connectivity index is 1.57. The van der Waals surface area contributed by atoms with Gasteiger partial charge in [-0.25, -0.2) is 13.2 Å². The second kappa shape index (κ2) is 6.90. The number of carbonyl (C=O) groups is 2. The molecule has 3 heterocycles. The second-order valence-electron chi connectivity index (χ2n) is 7.62. The summed E-state index contributed by atoms with van der Waals surface area (Å²) in [4.78, 5) is 34.1. The molecular formula is C18H24N6O4S. The third-order valence-electron chi connectivity index (χ3n) is 5.64. The smallest absolute Gasteiger partial charge is 0.325 e. The van der Waals surface area contributed by atoms with E-state index in [2.05, 4.69) is 9.71 Å². The van der Waals surface area contributed by atoms with Crippen molar-refractivity contribution in [3.05, 3.63) is 24.3 Å². The van der Waals surface area contributed by atoms with Crippen LogP contribution in [0.3, 0.4) is 0 Å². The number of anilines is 2. The fraction of sp³-hybridized carbons (Fsp3) is 0.500. The van der Waals surface area contributed by atoms with E-state index < -0.39 is 21.5 Å². The average Bonchev–Trinajstić information content (AvgIpc) is 3.21. The number of hydrogen-bond donors (Lipinski definition) is 2. The van der Waals surface area contributed by atoms with Gasteiger partial charge in [0.1, 0.15) is 5.54 Å². The fourth-order valence-electron chi connectivity index (χ4n) is 4.25. The van der Waals surface area contributed by atoms with Crippen molar-refractivity contribution < 1.29 is 18.0 Å². The molecule has 0 radical (unpaired) electrons. The number of carbonyl (C=O) groups excluding carboxylic acids is 2. The van der Waals surface area contributed by atoms with Gasteiger partial charge in [0, 0.05) is 31.0 Å². The molecule has 0 bridgehead atoms. The number of aliphatic imine (C=N–C) groups is 1. The summed E-state index contributed by atoms with van der Waals surface area (Å²) in [6.07, 6.45) is 3.24. The minimum absolute atomic E-state index is 0.215. The first-order valence-corrected chi connectivity index (χ1v) is 11.4. The number of urea groups is 1. The van der Waals surface area contributed by atoms with E-state index in [0.717, 1.165) is 24.8 Å². The number of nitrogens with zero attached hydrogens (tertiary/aromatic N) is 4. The minimum atomic E-state index is -3.44. The molecule has 0 unspecified atom stereocenters. The topological polar surface area (TPSA) is 128 Å². The van der Waals surface area contributed by atoms with Crippen LogP contribution in [0.4, 0.5) is 16.2 Å². The molecule has 3 aliphatic rings. The zero-order valence-corrected chi connectivity index (χ0v) is 17.0. The molecule has 10 nitrogen and oxygen atoms in total. The maximum atomic E-state index is 12.8. The van der Waals surface area contributed by atoms with Crippen molar-refractivity contribution in [1.29, 1.82) is 0 Å². The Labute approximate surface area is 169 Å². The summed E-state index contributed by atoms with van der Waals surface area (Å²) in [7, 11) is -3.44. The van der Waals surface area contributed by atoms with Gasteiger partial charge in [0.15, 0.2) is 0 Å². The lowest BCUT2D eigenvalue weighted by Gasteiger charge is -2.29. The molecule has 2 saturated heterocycles. The number of benzene rings is 1. The first kappa shape index (κ1) is 19.5. The maximum Gasteiger partial charge on any atom is 0.325 e. The van der Waals surface area contributed by atoms with E-state index in [4.69, 9.17) is 5.73 Å². The minimum Gasteiger partial charge on any atom is -0.368 e. The molecule has 3 aliphatic heterocycles. The highest BCUT2D eigenvalue weighted by Crippen LogP contribution is 2.39. The summed E-state index contributed by atoms with van der Waals surface area (Å²) in [5.41, 5.74) is 6.13. The summed E-state index contributed by atoms with van der Waals surface area (Å²) in [6, 6.07) is 6.99. The summed E-state index contributed by atoms with van der Waals surface area (Å²) in [6.45, 7) is 1.95. The van der Waals surface area contributed by atoms with Crippen LogP contribution in [0.2, 0.25) is 0 Å². The largest absolute Gasteiger partial charge is 0.368 e. The lowest BCUT2D eigenvalue weighted by Crippen LogP contribution is -2.52. The Morgan fingerprint density at radius 2 is 1.79 bits per heavy atom. The van der Waals surface area contributed by atoms with Crippen molar-refractivity contribution >= 4 is 39.3 Å². The summed E-state index contributed by atoms with van der Waals surface area (Å²) in [5.74, 6) is -0.180. The first-order chi connectivity index (χ1) is 13.7. The van der Waals surface area contributed by atoms with Crippen molar-refractivity contribution in [3.8, 4) is 0 Å². The van der Waals surface area contributed by atoms with Gasteiger partial charge in [-0.3, -0.25) is 19.4 Å². The molecule has 0 aromatic heterocycles. The molecule has 156 valence electrons. The molecule has 1 aromatic carbocycles. The molecular weight excluding hydrogens is 396 g/mol. The molecule has 1 atom stereocenters. The Hall–Kier alpha value is -2.82. The van der Waals surface area contributed by atoms with E-state index in [1.54, 1.807) is 26.8 Å². The standard InChI is InChI=1S/C18H24N6O4S/c1-29(27,28)21-16-20-9-3-10-22(16)13-4-6-14(7-5-13)23-12-18(15(19)25)8-2-11-24(18)17(23)26/h4-7H,2-3,8-12H2,1H3,(H2,19,25)(H,20,21)/t18-/m1/s1. The van der Waals surface area contributed by atoms with E-state index >= 15 is 0 Å². The molecule has 11 heteroatoms. The van der Waals surface area contributed by atoms with Gasteiger partial charge in [-0.05, 0) is 43.5 Å². The molecule has 4 rings (SSSR count). The summed E-state index contributed by atoms with van der Waals surface area (Å²) in [5, 5.41) is 0. The van der Waals surface area contributed by atoms with Gasteiger partial charge in [-0.15, -0.1) is 0 Å². The molecule has 3 amide bonds. The third-order valence-corrected chi connectivity index (χ3v) is 6.19. The highest BCUT2D eigenvalue weighted by Gasteiger charge is 2.56. The average molecular weight is 420 g/mol. The van der Waals surface area contributed by atoms with Gasteiger partial charge in [0.05, 0.1) is 12.8 Å². The molecule has 0 spiro atoms. The Kier molecular flexibility index (Phi) is 4.64. The predicted molar refractivity (Wildman–Crippen MR) is 109 cm³/mol. The van der Waals surface area contributed by atoms with E-state index in [0.29, 0.717) is 31.7 Å². The van der Waals surface area contributed by atoms with E-state index in [-0.39, 0.29) is 18.5 Å². The van der Waals surface area contributed by atoms with Crippen molar-refractivity contribution in [1.82, 2.24) is 9.62 Å². The van der Waals surface area contributed by atoms with Crippen LogP contribution in [-0.2, 0) is 14.8 Å². The van der Waals surface area contributed by atoms with Crippen LogP contribution in [0.5, 0.6) is 0 Å². The second-order valence-corrected chi connectivity index (χ2v) is 9.37. The number of guanidine groups is 1. The Morgan fingerprint density at radius 3 is 2.38 bits per heavy atom. The molecule has 0 aliphatic carbocycles. The monoisotopic (exact) mass is 420 g/mol. The van der Waals surface area contributed by atoms with Gasteiger partial charge in [-0.1, -0.05) is 0 Å². The normalized spacial score (nSPS) is 24.5. The lowest BCUT2D eigenvalue weighted by atomic mass is 9.96. The van der Waals surface area contributed by atoms with Crippen LogP contribution < -0.4 is 20.3 Å². The highest BCUT2D eigenvalue weighted by molar-refractivity contribution is 7.89. The SMILES string of the molecule is CS(=O)(=O)NC1=NCCCN1c1ccc(N2C[C@@]3(C(N)=O)CCCN3C2=O)cc1. The van der Waals surface area contributed by atoms with E-state index in [1.165, 1.54) is 0 Å². The quantitative estimate of drug-likeness (QED) is 0.712. The number of rotatable bonds is 4. The molecule has 29 heavy (non-hydrogen) atoms. The number of primary amides is 1. The third kappa shape index (κ3) is 3.39. The maximum absolute atomic E-state index is 12.8. The molecule has 0 saturated carbocycles. The van der Waals surface area contributed by atoms with Crippen LogP contribution in [0, 0.1) is 0 Å². The highest BCUT2D eigenvalue weighted by atomic mass is 32.2. The number of sulfonamides is 1. The molecule has 3 N–H and O–H groups in total. The van der Waals surface area contributed by atoms with Crippen LogP contribution in [0.15, 0.2) is 29.3 Å². The molecule has 2 fully saturated rings. The number of nitrogens with one attached hydrogen (secondary N) is 1. The summed E-state index contributed by atoms with van der Waals surface area (Å²) >= 11 is 0.